The van der Waals surface area contributed by atoms with Crippen molar-refractivity contribution in [2.45, 2.75) is 32.2 Å². The third-order valence-corrected chi connectivity index (χ3v) is 3.72. The predicted octanol–water partition coefficient (Wildman–Crippen LogP) is 2.50. The molecular weight excluding hydrogens is 196 g/mol. The third kappa shape index (κ3) is 1.75. The van der Waals surface area contributed by atoms with E-state index in [4.69, 9.17) is 5.73 Å². The van der Waals surface area contributed by atoms with Crippen molar-refractivity contribution in [3.8, 4) is 0 Å². The van der Waals surface area contributed by atoms with Gasteiger partial charge in [-0.25, -0.2) is 0 Å². The molecule has 1 fully saturated rings. The normalized spacial score (nSPS) is 16.4. The van der Waals surface area contributed by atoms with Gasteiger partial charge in [0, 0.05) is 13.0 Å². The van der Waals surface area contributed by atoms with Gasteiger partial charge < -0.3 is 11.1 Å². The summed E-state index contributed by atoms with van der Waals surface area (Å²) in [7, 11) is 0. The van der Waals surface area contributed by atoms with Gasteiger partial charge in [0.2, 0.25) is 0 Å². The van der Waals surface area contributed by atoms with Crippen LogP contribution in [0.1, 0.15) is 35.9 Å². The second-order valence-corrected chi connectivity index (χ2v) is 4.78. The molecule has 0 amide bonds. The Labute approximate surface area is 87.3 Å². The molecule has 0 aromatic carbocycles. The van der Waals surface area contributed by atoms with Gasteiger partial charge in [0.1, 0.15) is 0 Å². The van der Waals surface area contributed by atoms with Gasteiger partial charge in [0.15, 0.2) is 5.78 Å². The van der Waals surface area contributed by atoms with E-state index in [0.717, 1.165) is 5.00 Å². The van der Waals surface area contributed by atoms with Crippen LogP contribution in [-0.2, 0) is 0 Å². The lowest BCUT2D eigenvalue weighted by Gasteiger charge is -2.26. The first-order valence-electron chi connectivity index (χ1n) is 4.83. The van der Waals surface area contributed by atoms with Crippen LogP contribution in [0.25, 0.3) is 0 Å². The molecule has 0 atom stereocenters. The maximum absolute atomic E-state index is 11.2. The van der Waals surface area contributed by atoms with Crippen molar-refractivity contribution in [1.82, 2.24) is 0 Å². The molecule has 3 N–H and O–H groups in total. The Hall–Kier alpha value is -1.03. The topological polar surface area (TPSA) is 55.1 Å². The Morgan fingerprint density at radius 1 is 1.64 bits per heavy atom. The standard InChI is InChI=1S/C10H14N2OS/c1-6(13)10-8(11)5-9(14-10)12-7-3-2-4-7/h5,7,12H,2-4,11H2,1H3. The van der Waals surface area contributed by atoms with Crippen molar-refractivity contribution in [1.29, 1.82) is 0 Å². The van der Waals surface area contributed by atoms with Gasteiger partial charge in [-0.3, -0.25) is 4.79 Å². The molecule has 0 bridgehead atoms. The molecule has 1 aromatic heterocycles. The first-order chi connectivity index (χ1) is 6.66. The van der Waals surface area contributed by atoms with Crippen molar-refractivity contribution < 1.29 is 4.79 Å². The van der Waals surface area contributed by atoms with Gasteiger partial charge in [0.25, 0.3) is 0 Å². The van der Waals surface area contributed by atoms with Gasteiger partial charge >= 0.3 is 0 Å². The lowest BCUT2D eigenvalue weighted by molar-refractivity contribution is 0.102. The van der Waals surface area contributed by atoms with E-state index in [1.807, 2.05) is 6.07 Å². The number of Topliss-reactive ketones (excluding diaryl/α,β-unsaturated/α-hetero) is 1. The largest absolute Gasteiger partial charge is 0.397 e. The van der Waals surface area contributed by atoms with Crippen LogP contribution in [0.15, 0.2) is 6.07 Å². The zero-order valence-electron chi connectivity index (χ0n) is 8.17. The summed E-state index contributed by atoms with van der Waals surface area (Å²) in [6.07, 6.45) is 3.76. The molecule has 0 saturated heterocycles. The summed E-state index contributed by atoms with van der Waals surface area (Å²) in [5.41, 5.74) is 6.33. The summed E-state index contributed by atoms with van der Waals surface area (Å²) < 4.78 is 0. The number of carbonyl (C=O) groups excluding carboxylic acids is 1. The summed E-state index contributed by atoms with van der Waals surface area (Å²) in [5, 5.41) is 4.41. The predicted molar refractivity (Wildman–Crippen MR) is 60.0 cm³/mol. The fraction of sp³-hybridized carbons (Fsp3) is 0.500. The highest BCUT2D eigenvalue weighted by atomic mass is 32.1. The first-order valence-corrected chi connectivity index (χ1v) is 5.65. The van der Waals surface area contributed by atoms with Crippen LogP contribution >= 0.6 is 11.3 Å². The van der Waals surface area contributed by atoms with Gasteiger partial charge in [-0.15, -0.1) is 11.3 Å². The van der Waals surface area contributed by atoms with Gasteiger partial charge in [0.05, 0.1) is 15.6 Å². The van der Waals surface area contributed by atoms with E-state index in [-0.39, 0.29) is 5.78 Å². The molecule has 0 radical (unpaired) electrons. The number of nitrogens with one attached hydrogen (secondary N) is 1. The fourth-order valence-corrected chi connectivity index (χ4v) is 2.46. The summed E-state index contributed by atoms with van der Waals surface area (Å²) in [6.45, 7) is 1.55. The summed E-state index contributed by atoms with van der Waals surface area (Å²) in [5.74, 6) is 0.0501. The molecule has 1 saturated carbocycles. The summed E-state index contributed by atoms with van der Waals surface area (Å²) >= 11 is 1.46. The van der Waals surface area contributed by atoms with Gasteiger partial charge in [-0.2, -0.15) is 0 Å². The molecule has 1 aliphatic rings. The van der Waals surface area contributed by atoms with E-state index in [1.54, 1.807) is 6.92 Å². The van der Waals surface area contributed by atoms with Crippen molar-refractivity contribution in [2.75, 3.05) is 11.1 Å². The number of thiophene rings is 1. The van der Waals surface area contributed by atoms with E-state index in [9.17, 15) is 4.79 Å². The Morgan fingerprint density at radius 2 is 2.36 bits per heavy atom. The van der Waals surface area contributed by atoms with E-state index < -0.39 is 0 Å². The van der Waals surface area contributed by atoms with Crippen LogP contribution in [0.5, 0.6) is 0 Å². The van der Waals surface area contributed by atoms with Crippen LogP contribution in [-0.4, -0.2) is 11.8 Å². The smallest absolute Gasteiger partial charge is 0.171 e. The van der Waals surface area contributed by atoms with Gasteiger partial charge in [-0.05, 0) is 25.3 Å². The van der Waals surface area contributed by atoms with Crippen molar-refractivity contribution in [2.24, 2.45) is 0 Å². The first kappa shape index (κ1) is 9.52. The number of rotatable bonds is 3. The highest BCUT2D eigenvalue weighted by molar-refractivity contribution is 7.18. The average Bonchev–Trinajstić information content (AvgIpc) is 2.39. The Morgan fingerprint density at radius 3 is 2.79 bits per heavy atom. The van der Waals surface area contributed by atoms with Crippen LogP contribution in [0.4, 0.5) is 10.7 Å². The Bertz CT molecular complexity index is 355. The number of carbonyl (C=O) groups is 1. The Kier molecular flexibility index (Phi) is 2.46. The zero-order valence-corrected chi connectivity index (χ0v) is 8.99. The zero-order chi connectivity index (χ0) is 10.1. The number of ketones is 1. The number of nitrogen functional groups attached to an aromatic ring is 1. The molecule has 0 spiro atoms. The minimum absolute atomic E-state index is 0.0501. The molecule has 1 aliphatic carbocycles. The molecule has 4 heteroatoms. The number of hydrogen-bond acceptors (Lipinski definition) is 4. The molecule has 3 nitrogen and oxygen atoms in total. The lowest BCUT2D eigenvalue weighted by atomic mass is 9.93. The Balaban J connectivity index is 2.10. The lowest BCUT2D eigenvalue weighted by Crippen LogP contribution is -2.26. The monoisotopic (exact) mass is 210 g/mol. The average molecular weight is 210 g/mol. The minimum atomic E-state index is 0.0501. The van der Waals surface area contributed by atoms with Crippen LogP contribution in [0.3, 0.4) is 0 Å². The summed E-state index contributed by atoms with van der Waals surface area (Å²) in [4.78, 5) is 11.8. The third-order valence-electron chi connectivity index (χ3n) is 2.53. The maximum Gasteiger partial charge on any atom is 0.171 e. The summed E-state index contributed by atoms with van der Waals surface area (Å²) in [6, 6.07) is 2.45. The van der Waals surface area contributed by atoms with Crippen molar-refractivity contribution in [3.05, 3.63) is 10.9 Å². The quantitative estimate of drug-likeness (QED) is 0.754. The van der Waals surface area contributed by atoms with Crippen LogP contribution in [0, 0.1) is 0 Å². The molecule has 1 aromatic rings. The molecular formula is C10H14N2OS. The van der Waals surface area contributed by atoms with E-state index in [2.05, 4.69) is 5.32 Å². The molecule has 2 rings (SSSR count). The molecule has 1 heterocycles. The van der Waals surface area contributed by atoms with Gasteiger partial charge in [-0.1, -0.05) is 0 Å². The number of nitrogens with two attached hydrogens (primary N) is 1. The number of anilines is 2. The minimum Gasteiger partial charge on any atom is -0.397 e. The second-order valence-electron chi connectivity index (χ2n) is 3.72. The van der Waals surface area contributed by atoms with Crippen molar-refractivity contribution >= 4 is 27.8 Å². The second kappa shape index (κ2) is 3.61. The maximum atomic E-state index is 11.2. The SMILES string of the molecule is CC(=O)c1sc(NC2CCC2)cc1N. The van der Waals surface area contributed by atoms with E-state index in [0.29, 0.717) is 16.6 Å². The molecule has 0 unspecified atom stereocenters. The van der Waals surface area contributed by atoms with Crippen LogP contribution in [0.2, 0.25) is 0 Å². The molecule has 76 valence electrons. The number of hydrogen-bond donors (Lipinski definition) is 2. The highest BCUT2D eigenvalue weighted by Gasteiger charge is 2.19. The van der Waals surface area contributed by atoms with Crippen LogP contribution < -0.4 is 11.1 Å². The molecule has 14 heavy (non-hydrogen) atoms. The highest BCUT2D eigenvalue weighted by Crippen LogP contribution is 2.32. The fourth-order valence-electron chi connectivity index (χ4n) is 1.51. The van der Waals surface area contributed by atoms with Crippen molar-refractivity contribution in [3.63, 3.8) is 0 Å². The van der Waals surface area contributed by atoms with E-state index in [1.165, 1.54) is 30.6 Å². The molecule has 0 aliphatic heterocycles. The van der Waals surface area contributed by atoms with E-state index >= 15 is 0 Å².